The van der Waals surface area contributed by atoms with Crippen molar-refractivity contribution in [2.45, 2.75) is 0 Å². The Morgan fingerprint density at radius 2 is 2.00 bits per heavy atom. The lowest BCUT2D eigenvalue weighted by atomic mass is 10.1. The summed E-state index contributed by atoms with van der Waals surface area (Å²) in [5, 5.41) is 18.5. The standard InChI is InChI=1S/C16H11N3O2/c20-16(21)11-6-5-10-7-8-19(14(10)9-11)15-12-3-1-2-4-13(12)17-18-15/h1-9H,(H,17,18)(H,20,21). The number of nitrogens with one attached hydrogen (secondary N) is 1. The van der Waals surface area contributed by atoms with Gasteiger partial charge < -0.3 is 5.11 Å². The zero-order valence-electron chi connectivity index (χ0n) is 10.9. The van der Waals surface area contributed by atoms with E-state index in [-0.39, 0.29) is 5.56 Å². The molecular weight excluding hydrogens is 266 g/mol. The number of benzene rings is 2. The molecule has 5 nitrogen and oxygen atoms in total. The number of aromatic carboxylic acids is 1. The zero-order chi connectivity index (χ0) is 14.4. The third-order valence-corrected chi connectivity index (χ3v) is 3.62. The summed E-state index contributed by atoms with van der Waals surface area (Å²) < 4.78 is 1.90. The van der Waals surface area contributed by atoms with Crippen molar-refractivity contribution >= 4 is 27.8 Å². The van der Waals surface area contributed by atoms with E-state index < -0.39 is 5.97 Å². The molecule has 0 radical (unpaired) electrons. The quantitative estimate of drug-likeness (QED) is 0.591. The summed E-state index contributed by atoms with van der Waals surface area (Å²) in [7, 11) is 0. The Labute approximate surface area is 119 Å². The molecule has 0 saturated heterocycles. The maximum absolute atomic E-state index is 11.1. The number of hydrogen-bond acceptors (Lipinski definition) is 2. The van der Waals surface area contributed by atoms with E-state index in [9.17, 15) is 4.79 Å². The average Bonchev–Trinajstić information content (AvgIpc) is 3.09. The summed E-state index contributed by atoms with van der Waals surface area (Å²) in [6.45, 7) is 0. The van der Waals surface area contributed by atoms with E-state index in [1.807, 2.05) is 47.2 Å². The van der Waals surface area contributed by atoms with Gasteiger partial charge in [0.15, 0.2) is 5.82 Å². The number of carboxylic acid groups (broad SMARTS) is 1. The second-order valence-electron chi connectivity index (χ2n) is 4.86. The fraction of sp³-hybridized carbons (Fsp3) is 0. The number of para-hydroxylation sites is 1. The van der Waals surface area contributed by atoms with E-state index >= 15 is 0 Å². The lowest BCUT2D eigenvalue weighted by molar-refractivity contribution is 0.0697. The van der Waals surface area contributed by atoms with Gasteiger partial charge in [-0.1, -0.05) is 18.2 Å². The highest BCUT2D eigenvalue weighted by Crippen LogP contribution is 2.25. The number of hydrogen-bond donors (Lipinski definition) is 2. The summed E-state index contributed by atoms with van der Waals surface area (Å²) in [5.74, 6) is -0.167. The molecule has 0 saturated carbocycles. The molecule has 0 fully saturated rings. The molecule has 4 rings (SSSR count). The van der Waals surface area contributed by atoms with Crippen LogP contribution in [0.2, 0.25) is 0 Å². The van der Waals surface area contributed by atoms with Gasteiger partial charge in [-0.25, -0.2) is 4.79 Å². The maximum atomic E-state index is 11.1. The van der Waals surface area contributed by atoms with Crippen LogP contribution in [0, 0.1) is 0 Å². The van der Waals surface area contributed by atoms with Gasteiger partial charge in [0, 0.05) is 17.0 Å². The maximum Gasteiger partial charge on any atom is 0.335 e. The minimum absolute atomic E-state index is 0.266. The van der Waals surface area contributed by atoms with Crippen LogP contribution in [0.3, 0.4) is 0 Å². The summed E-state index contributed by atoms with van der Waals surface area (Å²) in [6.07, 6.45) is 1.90. The van der Waals surface area contributed by atoms with Gasteiger partial charge in [-0.05, 0) is 30.3 Å². The number of aromatic nitrogens is 3. The van der Waals surface area contributed by atoms with Gasteiger partial charge in [0.1, 0.15) is 0 Å². The molecule has 0 bridgehead atoms. The molecular formula is C16H11N3O2. The van der Waals surface area contributed by atoms with Gasteiger partial charge in [-0.2, -0.15) is 5.10 Å². The van der Waals surface area contributed by atoms with Crippen LogP contribution in [0.25, 0.3) is 27.6 Å². The molecule has 2 heterocycles. The zero-order valence-corrected chi connectivity index (χ0v) is 10.9. The smallest absolute Gasteiger partial charge is 0.335 e. The largest absolute Gasteiger partial charge is 0.478 e. The van der Waals surface area contributed by atoms with Crippen molar-refractivity contribution in [3.05, 3.63) is 60.3 Å². The third-order valence-electron chi connectivity index (χ3n) is 3.62. The lowest BCUT2D eigenvalue weighted by Crippen LogP contribution is -1.98. The van der Waals surface area contributed by atoms with E-state index in [0.29, 0.717) is 0 Å². The minimum Gasteiger partial charge on any atom is -0.478 e. The van der Waals surface area contributed by atoms with Crippen molar-refractivity contribution in [2.75, 3.05) is 0 Å². The Bertz CT molecular complexity index is 981. The Hall–Kier alpha value is -3.08. The van der Waals surface area contributed by atoms with Gasteiger partial charge in [0.05, 0.1) is 16.6 Å². The fourth-order valence-electron chi connectivity index (χ4n) is 2.58. The minimum atomic E-state index is -0.934. The van der Waals surface area contributed by atoms with Crippen molar-refractivity contribution in [1.82, 2.24) is 14.8 Å². The summed E-state index contributed by atoms with van der Waals surface area (Å²) in [6, 6.07) is 14.9. The van der Waals surface area contributed by atoms with Crippen LogP contribution in [-0.2, 0) is 0 Å². The number of nitrogens with zero attached hydrogens (tertiary/aromatic N) is 2. The molecule has 0 aliphatic carbocycles. The number of aromatic amines is 1. The second kappa shape index (κ2) is 4.21. The van der Waals surface area contributed by atoms with Crippen molar-refractivity contribution in [2.24, 2.45) is 0 Å². The van der Waals surface area contributed by atoms with Crippen LogP contribution in [0.1, 0.15) is 10.4 Å². The lowest BCUT2D eigenvalue weighted by Gasteiger charge is -2.03. The molecule has 102 valence electrons. The Morgan fingerprint density at radius 1 is 1.14 bits per heavy atom. The first-order valence-corrected chi connectivity index (χ1v) is 6.52. The van der Waals surface area contributed by atoms with Crippen LogP contribution in [0.5, 0.6) is 0 Å². The van der Waals surface area contributed by atoms with E-state index in [0.717, 1.165) is 27.6 Å². The van der Waals surface area contributed by atoms with Gasteiger partial charge >= 0.3 is 5.97 Å². The molecule has 2 N–H and O–H groups in total. The molecule has 0 aliphatic rings. The topological polar surface area (TPSA) is 70.9 Å². The normalized spacial score (nSPS) is 11.2. The van der Waals surface area contributed by atoms with E-state index in [4.69, 9.17) is 5.11 Å². The highest BCUT2D eigenvalue weighted by molar-refractivity contribution is 5.95. The molecule has 0 spiro atoms. The first kappa shape index (κ1) is 11.7. The molecule has 0 unspecified atom stereocenters. The van der Waals surface area contributed by atoms with Crippen molar-refractivity contribution in [3.8, 4) is 5.82 Å². The summed E-state index contributed by atoms with van der Waals surface area (Å²) in [5.41, 5.74) is 2.04. The van der Waals surface area contributed by atoms with Gasteiger partial charge in [-0.3, -0.25) is 9.67 Å². The van der Waals surface area contributed by atoms with E-state index in [1.54, 1.807) is 12.1 Å². The average molecular weight is 277 g/mol. The number of fused-ring (bicyclic) bond motifs is 2. The first-order valence-electron chi connectivity index (χ1n) is 6.52. The van der Waals surface area contributed by atoms with Gasteiger partial charge in [0.2, 0.25) is 0 Å². The van der Waals surface area contributed by atoms with Gasteiger partial charge in [-0.15, -0.1) is 0 Å². The highest BCUT2D eigenvalue weighted by atomic mass is 16.4. The Balaban J connectivity index is 2.02. The number of rotatable bonds is 2. The SMILES string of the molecule is O=C(O)c1ccc2ccn(-c3n[nH]c4ccccc34)c2c1. The molecule has 0 amide bonds. The molecule has 21 heavy (non-hydrogen) atoms. The molecule has 2 aromatic heterocycles. The Morgan fingerprint density at radius 3 is 2.86 bits per heavy atom. The molecule has 5 heteroatoms. The first-order chi connectivity index (χ1) is 10.2. The predicted molar refractivity (Wildman–Crippen MR) is 79.9 cm³/mol. The molecule has 4 aromatic rings. The van der Waals surface area contributed by atoms with Crippen LogP contribution < -0.4 is 0 Å². The van der Waals surface area contributed by atoms with Gasteiger partial charge in [0.25, 0.3) is 0 Å². The predicted octanol–water partition coefficient (Wildman–Crippen LogP) is 3.21. The number of carbonyl (C=O) groups is 1. The van der Waals surface area contributed by atoms with Crippen molar-refractivity contribution in [1.29, 1.82) is 0 Å². The van der Waals surface area contributed by atoms with Crippen LogP contribution in [0.4, 0.5) is 0 Å². The summed E-state index contributed by atoms with van der Waals surface area (Å²) in [4.78, 5) is 11.1. The Kier molecular flexibility index (Phi) is 2.35. The molecule has 0 aliphatic heterocycles. The third kappa shape index (κ3) is 1.71. The second-order valence-corrected chi connectivity index (χ2v) is 4.86. The molecule has 0 atom stereocenters. The summed E-state index contributed by atoms with van der Waals surface area (Å²) >= 11 is 0. The number of carboxylic acids is 1. The fourth-order valence-corrected chi connectivity index (χ4v) is 2.58. The van der Waals surface area contributed by atoms with Crippen molar-refractivity contribution in [3.63, 3.8) is 0 Å². The van der Waals surface area contributed by atoms with Crippen LogP contribution in [0.15, 0.2) is 54.7 Å². The van der Waals surface area contributed by atoms with E-state index in [1.165, 1.54) is 0 Å². The molecule has 2 aromatic carbocycles. The van der Waals surface area contributed by atoms with Crippen LogP contribution in [-0.4, -0.2) is 25.8 Å². The highest BCUT2D eigenvalue weighted by Gasteiger charge is 2.12. The van der Waals surface area contributed by atoms with Crippen molar-refractivity contribution < 1.29 is 9.90 Å². The van der Waals surface area contributed by atoms with E-state index in [2.05, 4.69) is 10.2 Å². The monoisotopic (exact) mass is 277 g/mol. The number of H-pyrrole nitrogens is 1. The van der Waals surface area contributed by atoms with Crippen LogP contribution >= 0.6 is 0 Å².